The first-order valence-corrected chi connectivity index (χ1v) is 4.88. The Labute approximate surface area is 98.2 Å². The van der Waals surface area contributed by atoms with Crippen molar-refractivity contribution in [3.63, 3.8) is 0 Å². The van der Waals surface area contributed by atoms with Crippen molar-refractivity contribution in [2.75, 3.05) is 7.11 Å². The molecule has 0 unspecified atom stereocenters. The first-order chi connectivity index (χ1) is 7.81. The molecule has 0 fully saturated rings. The van der Waals surface area contributed by atoms with Crippen LogP contribution in [-0.4, -0.2) is 53.6 Å². The van der Waals surface area contributed by atoms with Crippen LogP contribution in [0.1, 0.15) is 13.8 Å². The summed E-state index contributed by atoms with van der Waals surface area (Å²) in [5, 5.41) is 18.3. The summed E-state index contributed by atoms with van der Waals surface area (Å²) in [4.78, 5) is 30.7. The van der Waals surface area contributed by atoms with E-state index in [-0.39, 0.29) is 0 Å². The monoisotopic (exact) mass is 251 g/mol. The molecule has 4 N–H and O–H groups in total. The molecule has 17 heavy (non-hydrogen) atoms. The average molecular weight is 251 g/mol. The maximum atomic E-state index is 11.1. The number of hydrogen-bond acceptors (Lipinski definition) is 8. The Hall–Kier alpha value is -1.22. The predicted octanol–water partition coefficient (Wildman–Crippen LogP) is -1.91. The van der Waals surface area contributed by atoms with Crippen LogP contribution in [-0.2, 0) is 24.1 Å². The van der Waals surface area contributed by atoms with Crippen molar-refractivity contribution in [2.45, 2.75) is 38.2 Å². The van der Waals surface area contributed by atoms with Crippen molar-refractivity contribution in [3.8, 4) is 0 Å². The highest BCUT2D eigenvalue weighted by Crippen LogP contribution is 2.03. The van der Waals surface area contributed by atoms with Crippen LogP contribution in [0.4, 0.5) is 0 Å². The van der Waals surface area contributed by atoms with Gasteiger partial charge in [0.05, 0.1) is 13.2 Å². The third-order valence-electron chi connectivity index (χ3n) is 1.96. The van der Waals surface area contributed by atoms with E-state index in [0.29, 0.717) is 0 Å². The highest BCUT2D eigenvalue weighted by Gasteiger charge is 2.28. The Balaban J connectivity index is 4.12. The van der Waals surface area contributed by atoms with Gasteiger partial charge in [0.1, 0.15) is 12.1 Å². The van der Waals surface area contributed by atoms with Crippen LogP contribution in [0, 0.1) is 0 Å². The van der Waals surface area contributed by atoms with E-state index in [1.807, 2.05) is 0 Å². The van der Waals surface area contributed by atoms with Crippen molar-refractivity contribution in [3.05, 3.63) is 0 Å². The van der Waals surface area contributed by atoms with Crippen molar-refractivity contribution < 1.29 is 34.3 Å². The van der Waals surface area contributed by atoms with Gasteiger partial charge in [-0.2, -0.15) is 4.89 Å². The smallest absolute Gasteiger partial charge is 0.361 e. The summed E-state index contributed by atoms with van der Waals surface area (Å²) in [5.41, 5.74) is 5.25. The SMILES string of the molecule is COC(=O)[C@H](O)[C@@H](C)OOC(=O)[C@H](N)[C@@H](C)O. The lowest BCUT2D eigenvalue weighted by molar-refractivity contribution is -0.308. The van der Waals surface area contributed by atoms with E-state index in [4.69, 9.17) is 10.8 Å². The molecule has 0 aromatic heterocycles. The van der Waals surface area contributed by atoms with Gasteiger partial charge in [-0.15, -0.1) is 0 Å². The van der Waals surface area contributed by atoms with Crippen LogP contribution in [0.3, 0.4) is 0 Å². The number of rotatable bonds is 6. The van der Waals surface area contributed by atoms with Crippen molar-refractivity contribution in [1.29, 1.82) is 0 Å². The summed E-state index contributed by atoms with van der Waals surface area (Å²) in [5.74, 6) is -1.93. The second kappa shape index (κ2) is 7.17. The molecule has 0 aromatic rings. The minimum absolute atomic E-state index is 0.923. The number of methoxy groups -OCH3 is 1. The van der Waals surface area contributed by atoms with Crippen molar-refractivity contribution in [2.24, 2.45) is 5.73 Å². The first-order valence-electron chi connectivity index (χ1n) is 4.88. The molecule has 8 heteroatoms. The van der Waals surface area contributed by atoms with Gasteiger partial charge in [-0.1, -0.05) is 0 Å². The van der Waals surface area contributed by atoms with Gasteiger partial charge in [0.15, 0.2) is 6.10 Å². The van der Waals surface area contributed by atoms with Crippen molar-refractivity contribution >= 4 is 11.9 Å². The van der Waals surface area contributed by atoms with E-state index in [9.17, 15) is 14.7 Å². The standard InChI is InChI=1S/C9H17NO7/c1-4(11)6(10)8(13)17-16-5(2)7(12)9(14)15-3/h4-7,11-12H,10H2,1-3H3/t4-,5-,6-,7-/m1/s1. The lowest BCUT2D eigenvalue weighted by Crippen LogP contribution is -2.43. The molecule has 0 aliphatic rings. The Bertz CT molecular complexity index is 268. The number of esters is 1. The van der Waals surface area contributed by atoms with E-state index in [1.54, 1.807) is 0 Å². The highest BCUT2D eigenvalue weighted by molar-refractivity contribution is 5.76. The van der Waals surface area contributed by atoms with Crippen LogP contribution >= 0.6 is 0 Å². The Kier molecular flexibility index (Phi) is 6.66. The van der Waals surface area contributed by atoms with Gasteiger partial charge in [0.25, 0.3) is 0 Å². The van der Waals surface area contributed by atoms with Crippen LogP contribution < -0.4 is 5.73 Å². The molecule has 0 rings (SSSR count). The number of hydrogen-bond donors (Lipinski definition) is 3. The summed E-state index contributed by atoms with van der Waals surface area (Å²) < 4.78 is 4.25. The molecular formula is C9H17NO7. The summed E-state index contributed by atoms with van der Waals surface area (Å²) in [6.07, 6.45) is -3.81. The normalized spacial score (nSPS) is 17.8. The van der Waals surface area contributed by atoms with Crippen LogP contribution in [0.15, 0.2) is 0 Å². The molecule has 0 saturated heterocycles. The molecule has 4 atom stereocenters. The lowest BCUT2D eigenvalue weighted by Gasteiger charge is -2.17. The van der Waals surface area contributed by atoms with Crippen molar-refractivity contribution in [1.82, 2.24) is 0 Å². The molecule has 0 aromatic carbocycles. The predicted molar refractivity (Wildman–Crippen MR) is 54.3 cm³/mol. The Morgan fingerprint density at radius 3 is 2.12 bits per heavy atom. The summed E-state index contributed by atoms with van der Waals surface area (Å²) in [6.45, 7) is 2.60. The van der Waals surface area contributed by atoms with Gasteiger partial charge < -0.3 is 20.7 Å². The molecule has 8 nitrogen and oxygen atoms in total. The van der Waals surface area contributed by atoms with Crippen LogP contribution in [0.5, 0.6) is 0 Å². The number of carbonyl (C=O) groups is 2. The second-order valence-electron chi connectivity index (χ2n) is 3.44. The zero-order chi connectivity index (χ0) is 13.6. The number of carbonyl (C=O) groups excluding carboxylic acids is 2. The molecule has 0 heterocycles. The summed E-state index contributed by atoms with van der Waals surface area (Å²) >= 11 is 0. The zero-order valence-electron chi connectivity index (χ0n) is 9.82. The van der Waals surface area contributed by atoms with Gasteiger partial charge in [0.2, 0.25) is 0 Å². The van der Waals surface area contributed by atoms with Gasteiger partial charge >= 0.3 is 11.9 Å². The fourth-order valence-corrected chi connectivity index (χ4v) is 0.741. The van der Waals surface area contributed by atoms with E-state index < -0.39 is 36.3 Å². The Morgan fingerprint density at radius 1 is 1.18 bits per heavy atom. The van der Waals surface area contributed by atoms with Gasteiger partial charge in [0, 0.05) is 0 Å². The quantitative estimate of drug-likeness (QED) is 0.283. The minimum atomic E-state index is -1.59. The molecule has 0 aliphatic heterocycles. The van der Waals surface area contributed by atoms with E-state index in [1.165, 1.54) is 13.8 Å². The molecule has 100 valence electrons. The number of aliphatic hydroxyl groups is 2. The fraction of sp³-hybridized carbons (Fsp3) is 0.778. The highest BCUT2D eigenvalue weighted by atomic mass is 17.2. The van der Waals surface area contributed by atoms with Crippen LogP contribution in [0.2, 0.25) is 0 Å². The van der Waals surface area contributed by atoms with Gasteiger partial charge in [-0.25, -0.2) is 9.59 Å². The molecule has 0 amide bonds. The molecule has 0 spiro atoms. The van der Waals surface area contributed by atoms with Gasteiger partial charge in [-0.05, 0) is 13.8 Å². The third-order valence-corrected chi connectivity index (χ3v) is 1.96. The Morgan fingerprint density at radius 2 is 1.71 bits per heavy atom. The maximum Gasteiger partial charge on any atom is 0.361 e. The zero-order valence-corrected chi connectivity index (χ0v) is 9.82. The van der Waals surface area contributed by atoms with E-state index in [0.717, 1.165) is 7.11 Å². The number of ether oxygens (including phenoxy) is 1. The third kappa shape index (κ3) is 5.09. The molecular weight excluding hydrogens is 234 g/mol. The van der Waals surface area contributed by atoms with Gasteiger partial charge in [-0.3, -0.25) is 4.89 Å². The molecule has 0 aliphatic carbocycles. The average Bonchev–Trinajstić information content (AvgIpc) is 2.32. The maximum absolute atomic E-state index is 11.1. The lowest BCUT2D eigenvalue weighted by atomic mass is 10.2. The largest absolute Gasteiger partial charge is 0.467 e. The van der Waals surface area contributed by atoms with E-state index >= 15 is 0 Å². The first kappa shape index (κ1) is 15.8. The molecule has 0 radical (unpaired) electrons. The molecule has 0 saturated carbocycles. The van der Waals surface area contributed by atoms with E-state index in [2.05, 4.69) is 14.5 Å². The summed E-state index contributed by atoms with van der Waals surface area (Å²) in [6, 6.07) is -1.27. The van der Waals surface area contributed by atoms with Crippen LogP contribution in [0.25, 0.3) is 0 Å². The number of aliphatic hydroxyl groups excluding tert-OH is 2. The second-order valence-corrected chi connectivity index (χ2v) is 3.44. The topological polar surface area (TPSA) is 128 Å². The molecule has 0 bridgehead atoms. The minimum Gasteiger partial charge on any atom is -0.467 e. The summed E-state index contributed by atoms with van der Waals surface area (Å²) in [7, 11) is 1.09. The fourth-order valence-electron chi connectivity index (χ4n) is 0.741. The number of nitrogens with two attached hydrogens (primary N) is 1.